The summed E-state index contributed by atoms with van der Waals surface area (Å²) in [5.41, 5.74) is 20.6. The topological polar surface area (TPSA) is 104 Å². The molecule has 2 unspecified atom stereocenters. The van der Waals surface area contributed by atoms with E-state index < -0.39 is 0 Å². The van der Waals surface area contributed by atoms with Crippen LogP contribution >= 0.6 is 0 Å². The van der Waals surface area contributed by atoms with Gasteiger partial charge in [0.05, 0.1) is 0 Å². The predicted molar refractivity (Wildman–Crippen MR) is 326 cm³/mol. The molecule has 0 radical (unpaired) electrons. The first-order valence-electron chi connectivity index (χ1n) is 27.6. The van der Waals surface area contributed by atoms with Gasteiger partial charge in [-0.1, -0.05) is 218 Å². The number of hydrogen-bond donors (Lipinski definition) is 0. The Hall–Kier alpha value is -11.0. The van der Waals surface area contributed by atoms with E-state index in [1.165, 1.54) is 33.4 Å². The van der Waals surface area contributed by atoms with Gasteiger partial charge in [-0.25, -0.2) is 29.9 Å². The number of para-hydroxylation sites is 4. The van der Waals surface area contributed by atoms with Crippen LogP contribution in [0.3, 0.4) is 0 Å². The van der Waals surface area contributed by atoms with E-state index in [0.29, 0.717) is 34.9 Å². The molecule has 11 aromatic carbocycles. The SMILES string of the molecule is c1ccc(-c2nc(-c3cccc(-c4cccc5c4oc4ccccc45)c3)nc(-c3ccc4c(c3)C3c5ccccc5C4c4cc(-c5nc(-c6ccccc6)nc(-c6cccc(-c7cccc8c7oc7ccccc78)c6)n5)ccc43)n2)cc1. The zero-order chi connectivity index (χ0) is 53.8. The lowest BCUT2D eigenvalue weighted by atomic mass is 9.61. The maximum Gasteiger partial charge on any atom is 0.164 e. The summed E-state index contributed by atoms with van der Waals surface area (Å²) in [7, 11) is 0. The number of benzene rings is 11. The van der Waals surface area contributed by atoms with Gasteiger partial charge in [0.25, 0.3) is 0 Å². The molecule has 0 saturated carbocycles. The van der Waals surface area contributed by atoms with Gasteiger partial charge in [0.15, 0.2) is 34.9 Å². The van der Waals surface area contributed by atoms with E-state index in [2.05, 4.69) is 194 Å². The van der Waals surface area contributed by atoms with E-state index in [1.54, 1.807) is 0 Å². The molecule has 3 aliphatic rings. The van der Waals surface area contributed by atoms with Crippen LogP contribution in [-0.4, -0.2) is 29.9 Å². The van der Waals surface area contributed by atoms with Gasteiger partial charge < -0.3 is 8.83 Å². The molecule has 8 nitrogen and oxygen atoms in total. The molecular weight excluding hydrogens is 1000 g/mol. The maximum absolute atomic E-state index is 6.49. The Labute approximate surface area is 470 Å². The van der Waals surface area contributed by atoms with Gasteiger partial charge in [-0.3, -0.25) is 0 Å². The molecule has 18 rings (SSSR count). The van der Waals surface area contributed by atoms with Crippen LogP contribution in [0.15, 0.2) is 264 Å². The standard InChI is InChI=1S/C74H44N6O2/c1-3-17-43(18-4-1)69-75-71(47-23-13-21-45(39-47)51-29-15-31-59-53-25-9-11-33-63(53)81-67(51)59)79-73(77-69)49-35-37-57-61(41-49)65-55-27-7-8-28-56(55)66(57)62-42-50(36-38-58(62)65)74-78-70(44-19-5-2-6-20-44)76-72(80-74)48-24-14-22-46(40-48)52-30-16-32-60-54-26-10-12-34-64(54)82-68(52)60/h1-42,65-66H. The minimum atomic E-state index is -0.0273. The highest BCUT2D eigenvalue weighted by atomic mass is 16.3. The average molecular weight is 1050 g/mol. The third-order valence-corrected chi connectivity index (χ3v) is 16.6. The molecule has 2 atom stereocenters. The van der Waals surface area contributed by atoms with Crippen molar-refractivity contribution in [3.63, 3.8) is 0 Å². The number of fused-ring (bicyclic) bond motifs is 6. The number of nitrogens with zero attached hydrogens (tertiary/aromatic N) is 6. The first-order valence-corrected chi connectivity index (χ1v) is 27.6. The van der Waals surface area contributed by atoms with Crippen LogP contribution in [0.1, 0.15) is 45.2 Å². The summed E-state index contributed by atoms with van der Waals surface area (Å²) in [6.45, 7) is 0. The fourth-order valence-corrected chi connectivity index (χ4v) is 12.8. The molecule has 0 amide bonds. The van der Waals surface area contributed by atoms with Crippen LogP contribution < -0.4 is 0 Å². The van der Waals surface area contributed by atoms with Crippen LogP contribution in [-0.2, 0) is 0 Å². The monoisotopic (exact) mass is 1050 g/mol. The van der Waals surface area contributed by atoms with Gasteiger partial charge >= 0.3 is 0 Å². The van der Waals surface area contributed by atoms with Gasteiger partial charge in [0.2, 0.25) is 0 Å². The number of rotatable bonds is 8. The van der Waals surface area contributed by atoms with Gasteiger partial charge in [-0.15, -0.1) is 0 Å². The van der Waals surface area contributed by atoms with Crippen LogP contribution in [0, 0.1) is 0 Å². The lowest BCUT2D eigenvalue weighted by molar-refractivity contribution is 0.669. The lowest BCUT2D eigenvalue weighted by Crippen LogP contribution is -2.27. The molecule has 4 heterocycles. The smallest absolute Gasteiger partial charge is 0.164 e. The molecule has 0 aliphatic heterocycles. The summed E-state index contributed by atoms with van der Waals surface area (Å²) in [6, 6.07) is 88.8. The third kappa shape index (κ3) is 7.38. The summed E-state index contributed by atoms with van der Waals surface area (Å²) in [6.07, 6.45) is 0. The molecule has 0 spiro atoms. The third-order valence-electron chi connectivity index (χ3n) is 16.6. The van der Waals surface area contributed by atoms with Gasteiger partial charge in [-0.05, 0) is 80.9 Å². The fourth-order valence-electron chi connectivity index (χ4n) is 12.8. The highest BCUT2D eigenvalue weighted by Gasteiger charge is 2.42. The Bertz CT molecular complexity index is 4770. The number of hydrogen-bond acceptors (Lipinski definition) is 8. The summed E-state index contributed by atoms with van der Waals surface area (Å²) in [5, 5.41) is 4.36. The minimum absolute atomic E-state index is 0.0273. The molecule has 0 saturated heterocycles. The maximum atomic E-state index is 6.49. The van der Waals surface area contributed by atoms with E-state index in [4.69, 9.17) is 38.7 Å². The zero-order valence-corrected chi connectivity index (χ0v) is 43.9. The second-order valence-corrected chi connectivity index (χ2v) is 21.2. The summed E-state index contributed by atoms with van der Waals surface area (Å²) in [5.74, 6) is 3.57. The van der Waals surface area contributed by atoms with Crippen LogP contribution in [0.25, 0.3) is 134 Å². The van der Waals surface area contributed by atoms with Crippen molar-refractivity contribution in [2.24, 2.45) is 0 Å². The Balaban J connectivity index is 0.765. The first-order chi connectivity index (χ1) is 40.6. The highest BCUT2D eigenvalue weighted by molar-refractivity contribution is 6.10. The Morgan fingerprint density at radius 1 is 0.220 bits per heavy atom. The first kappa shape index (κ1) is 46.0. The minimum Gasteiger partial charge on any atom is -0.455 e. The van der Waals surface area contributed by atoms with Crippen molar-refractivity contribution in [3.8, 4) is 90.6 Å². The molecule has 3 aliphatic carbocycles. The molecule has 4 aromatic heterocycles. The molecular formula is C74H44N6O2. The molecule has 15 aromatic rings. The Kier molecular flexibility index (Phi) is 10.3. The molecule has 0 N–H and O–H groups in total. The van der Waals surface area contributed by atoms with Crippen molar-refractivity contribution in [2.75, 3.05) is 0 Å². The summed E-state index contributed by atoms with van der Waals surface area (Å²) < 4.78 is 13.0. The van der Waals surface area contributed by atoms with Crippen LogP contribution in [0.4, 0.5) is 0 Å². The average Bonchev–Trinajstić information content (AvgIpc) is 3.98. The van der Waals surface area contributed by atoms with Crippen molar-refractivity contribution in [2.45, 2.75) is 11.8 Å². The summed E-state index contributed by atoms with van der Waals surface area (Å²) in [4.78, 5) is 31.4. The number of furan rings is 2. The van der Waals surface area contributed by atoms with Crippen molar-refractivity contribution >= 4 is 43.9 Å². The molecule has 82 heavy (non-hydrogen) atoms. The van der Waals surface area contributed by atoms with Crippen LogP contribution in [0.5, 0.6) is 0 Å². The second kappa shape index (κ2) is 18.3. The normalized spacial score (nSPS) is 14.1. The molecule has 2 bridgehead atoms. The van der Waals surface area contributed by atoms with E-state index in [9.17, 15) is 0 Å². The molecule has 0 fully saturated rings. The van der Waals surface area contributed by atoms with E-state index in [0.717, 1.165) is 99.5 Å². The van der Waals surface area contributed by atoms with E-state index in [1.807, 2.05) is 60.7 Å². The van der Waals surface area contributed by atoms with Gasteiger partial charge in [0, 0.05) is 77.9 Å². The van der Waals surface area contributed by atoms with Crippen molar-refractivity contribution in [3.05, 3.63) is 288 Å². The Morgan fingerprint density at radius 2 is 0.537 bits per heavy atom. The molecule has 382 valence electrons. The van der Waals surface area contributed by atoms with Crippen molar-refractivity contribution in [1.29, 1.82) is 0 Å². The van der Waals surface area contributed by atoms with Crippen molar-refractivity contribution < 1.29 is 8.83 Å². The molecule has 8 heteroatoms. The zero-order valence-electron chi connectivity index (χ0n) is 43.9. The van der Waals surface area contributed by atoms with Crippen molar-refractivity contribution in [1.82, 2.24) is 29.9 Å². The lowest BCUT2D eigenvalue weighted by Gasteiger charge is -2.42. The Morgan fingerprint density at radius 3 is 0.976 bits per heavy atom. The number of aromatic nitrogens is 6. The quantitative estimate of drug-likeness (QED) is 0.148. The fraction of sp³-hybridized carbons (Fsp3) is 0.0270. The predicted octanol–water partition coefficient (Wildman–Crippen LogP) is 18.2. The van der Waals surface area contributed by atoms with Gasteiger partial charge in [-0.2, -0.15) is 0 Å². The van der Waals surface area contributed by atoms with Crippen LogP contribution in [0.2, 0.25) is 0 Å². The van der Waals surface area contributed by atoms with E-state index in [-0.39, 0.29) is 11.8 Å². The highest BCUT2D eigenvalue weighted by Crippen LogP contribution is 2.57. The van der Waals surface area contributed by atoms with Gasteiger partial charge in [0.1, 0.15) is 22.3 Å². The van der Waals surface area contributed by atoms with E-state index >= 15 is 0 Å². The summed E-state index contributed by atoms with van der Waals surface area (Å²) >= 11 is 0. The largest absolute Gasteiger partial charge is 0.455 e. The second-order valence-electron chi connectivity index (χ2n) is 21.2.